The number of hydrogen-bond donors (Lipinski definition) is 0. The van der Waals surface area contributed by atoms with Crippen molar-refractivity contribution >= 4 is 15.9 Å². The van der Waals surface area contributed by atoms with Gasteiger partial charge < -0.3 is 14.4 Å². The van der Waals surface area contributed by atoms with Gasteiger partial charge in [-0.25, -0.2) is 8.42 Å². The summed E-state index contributed by atoms with van der Waals surface area (Å²) in [4.78, 5) is 15.3. The van der Waals surface area contributed by atoms with Gasteiger partial charge in [0.15, 0.2) is 0 Å². The Labute approximate surface area is 219 Å². The molecule has 3 aromatic rings. The number of hydrogen-bond acceptors (Lipinski definition) is 5. The fourth-order valence-electron chi connectivity index (χ4n) is 4.73. The maximum atomic E-state index is 13.6. The van der Waals surface area contributed by atoms with Crippen LogP contribution in [-0.2, 0) is 21.4 Å². The SMILES string of the molecule is COc1ccc(S(=O)(=O)N2CCC[C@](COc3ccccc3)(CC(=O)N(C)Cc3ccccc3)C2)cc1. The summed E-state index contributed by atoms with van der Waals surface area (Å²) in [5, 5.41) is 0. The molecule has 0 aliphatic carbocycles. The van der Waals surface area contributed by atoms with Crippen molar-refractivity contribution in [2.45, 2.75) is 30.7 Å². The monoisotopic (exact) mass is 522 g/mol. The van der Waals surface area contributed by atoms with Crippen molar-refractivity contribution in [3.63, 3.8) is 0 Å². The molecule has 0 radical (unpaired) electrons. The molecule has 196 valence electrons. The molecule has 1 aliphatic rings. The number of para-hydroxylation sites is 1. The number of methoxy groups -OCH3 is 1. The number of nitrogens with zero attached hydrogens (tertiary/aromatic N) is 2. The summed E-state index contributed by atoms with van der Waals surface area (Å²) < 4.78 is 39.9. The van der Waals surface area contributed by atoms with Gasteiger partial charge in [0.1, 0.15) is 11.5 Å². The zero-order valence-corrected chi connectivity index (χ0v) is 22.2. The number of ether oxygens (including phenoxy) is 2. The van der Waals surface area contributed by atoms with Crippen LogP contribution < -0.4 is 9.47 Å². The van der Waals surface area contributed by atoms with Gasteiger partial charge in [0.25, 0.3) is 0 Å². The number of carbonyl (C=O) groups is 1. The molecule has 0 saturated carbocycles. The van der Waals surface area contributed by atoms with Gasteiger partial charge in [0, 0.05) is 38.5 Å². The third-order valence-corrected chi connectivity index (χ3v) is 8.69. The Morgan fingerprint density at radius 2 is 1.59 bits per heavy atom. The van der Waals surface area contributed by atoms with Gasteiger partial charge in [0.05, 0.1) is 18.6 Å². The van der Waals surface area contributed by atoms with Gasteiger partial charge in [-0.05, 0) is 54.8 Å². The molecule has 1 aliphatic heterocycles. The molecule has 1 atom stereocenters. The van der Waals surface area contributed by atoms with Crippen LogP contribution in [0.3, 0.4) is 0 Å². The highest BCUT2D eigenvalue weighted by Gasteiger charge is 2.43. The Balaban J connectivity index is 1.56. The Kier molecular flexibility index (Phi) is 8.51. The van der Waals surface area contributed by atoms with Crippen molar-refractivity contribution in [2.24, 2.45) is 5.41 Å². The molecule has 37 heavy (non-hydrogen) atoms. The number of sulfonamides is 1. The van der Waals surface area contributed by atoms with Crippen molar-refractivity contribution in [1.82, 2.24) is 9.21 Å². The number of benzene rings is 3. The van der Waals surface area contributed by atoms with Gasteiger partial charge >= 0.3 is 0 Å². The third-order valence-electron chi connectivity index (χ3n) is 6.83. The molecule has 0 spiro atoms. The average Bonchev–Trinajstić information content (AvgIpc) is 2.93. The summed E-state index contributed by atoms with van der Waals surface area (Å²) in [6.07, 6.45) is 1.53. The van der Waals surface area contributed by atoms with Crippen LogP contribution in [0.15, 0.2) is 89.8 Å². The molecule has 0 bridgehead atoms. The fraction of sp³-hybridized carbons (Fsp3) is 0.345. The first kappa shape index (κ1) is 26.7. The summed E-state index contributed by atoms with van der Waals surface area (Å²) in [5.74, 6) is 1.25. The van der Waals surface area contributed by atoms with E-state index in [-0.39, 0.29) is 30.4 Å². The van der Waals surface area contributed by atoms with Crippen LogP contribution in [0.25, 0.3) is 0 Å². The third kappa shape index (κ3) is 6.70. The van der Waals surface area contributed by atoms with Crippen LogP contribution >= 0.6 is 0 Å². The molecule has 3 aromatic carbocycles. The Morgan fingerprint density at radius 3 is 2.24 bits per heavy atom. The molecule has 1 heterocycles. The van der Waals surface area contributed by atoms with Gasteiger partial charge in [-0.1, -0.05) is 48.5 Å². The van der Waals surface area contributed by atoms with Crippen LogP contribution in [0.5, 0.6) is 11.5 Å². The smallest absolute Gasteiger partial charge is 0.243 e. The normalized spacial score (nSPS) is 18.2. The summed E-state index contributed by atoms with van der Waals surface area (Å²) >= 11 is 0. The molecule has 7 nitrogen and oxygen atoms in total. The van der Waals surface area contributed by atoms with Gasteiger partial charge in [0.2, 0.25) is 15.9 Å². The molecule has 0 N–H and O–H groups in total. The maximum Gasteiger partial charge on any atom is 0.243 e. The summed E-state index contributed by atoms with van der Waals surface area (Å²) in [7, 11) is -0.418. The van der Waals surface area contributed by atoms with E-state index in [4.69, 9.17) is 9.47 Å². The lowest BCUT2D eigenvalue weighted by molar-refractivity contribution is -0.134. The van der Waals surface area contributed by atoms with E-state index >= 15 is 0 Å². The van der Waals surface area contributed by atoms with Crippen molar-refractivity contribution in [2.75, 3.05) is 33.9 Å². The highest BCUT2D eigenvalue weighted by molar-refractivity contribution is 7.89. The van der Waals surface area contributed by atoms with Crippen LogP contribution in [0.2, 0.25) is 0 Å². The van der Waals surface area contributed by atoms with Crippen LogP contribution in [-0.4, -0.2) is 57.4 Å². The van der Waals surface area contributed by atoms with E-state index in [0.717, 1.165) is 5.56 Å². The molecule has 8 heteroatoms. The first-order valence-corrected chi connectivity index (χ1v) is 13.9. The lowest BCUT2D eigenvalue weighted by atomic mass is 9.78. The number of amides is 1. The fourth-order valence-corrected chi connectivity index (χ4v) is 6.32. The Hall–Kier alpha value is -3.36. The van der Waals surface area contributed by atoms with E-state index in [1.54, 1.807) is 43.3 Å². The van der Waals surface area contributed by atoms with Gasteiger partial charge in [-0.2, -0.15) is 4.31 Å². The van der Waals surface area contributed by atoms with Crippen molar-refractivity contribution in [1.29, 1.82) is 0 Å². The highest BCUT2D eigenvalue weighted by atomic mass is 32.2. The maximum absolute atomic E-state index is 13.6. The topological polar surface area (TPSA) is 76.1 Å². The van der Waals surface area contributed by atoms with Gasteiger partial charge in [-0.3, -0.25) is 4.79 Å². The summed E-state index contributed by atoms with van der Waals surface area (Å²) in [5.41, 5.74) is 0.385. The highest BCUT2D eigenvalue weighted by Crippen LogP contribution is 2.37. The second-order valence-electron chi connectivity index (χ2n) is 9.63. The standard InChI is InChI=1S/C29H34N2O5S/c1-30(21-24-10-5-3-6-11-24)28(32)20-29(23-36-26-12-7-4-8-13-26)18-9-19-31(22-29)37(33,34)27-16-14-25(35-2)15-17-27/h3-8,10-17H,9,18-23H2,1-2H3/t29-/m0/s1. The minimum absolute atomic E-state index is 0.0378. The molecule has 0 unspecified atom stereocenters. The van der Waals surface area contributed by atoms with E-state index in [9.17, 15) is 13.2 Å². The Morgan fingerprint density at radius 1 is 0.946 bits per heavy atom. The number of piperidine rings is 1. The second-order valence-corrected chi connectivity index (χ2v) is 11.6. The van der Waals surface area contributed by atoms with Gasteiger partial charge in [-0.15, -0.1) is 0 Å². The van der Waals surface area contributed by atoms with Crippen molar-refractivity contribution in [3.05, 3.63) is 90.5 Å². The molecule has 1 fully saturated rings. The summed E-state index contributed by atoms with van der Waals surface area (Å²) in [6.45, 7) is 1.34. The second kappa shape index (κ2) is 11.8. The Bertz CT molecular complexity index is 1270. The van der Waals surface area contributed by atoms with E-state index in [2.05, 4.69) is 0 Å². The lowest BCUT2D eigenvalue weighted by Gasteiger charge is -2.42. The van der Waals surface area contributed by atoms with E-state index in [0.29, 0.717) is 37.4 Å². The minimum Gasteiger partial charge on any atom is -0.497 e. The van der Waals surface area contributed by atoms with E-state index < -0.39 is 15.4 Å². The predicted octanol–water partition coefficient (Wildman–Crippen LogP) is 4.59. The molecular weight excluding hydrogens is 488 g/mol. The van der Waals surface area contributed by atoms with E-state index in [1.165, 1.54) is 4.31 Å². The number of rotatable bonds is 10. The molecular formula is C29H34N2O5S. The summed E-state index contributed by atoms with van der Waals surface area (Å²) in [6, 6.07) is 25.7. The first-order valence-electron chi connectivity index (χ1n) is 12.4. The minimum atomic E-state index is -3.75. The van der Waals surface area contributed by atoms with Crippen LogP contribution in [0.1, 0.15) is 24.8 Å². The quantitative estimate of drug-likeness (QED) is 0.389. The van der Waals surface area contributed by atoms with Crippen LogP contribution in [0.4, 0.5) is 0 Å². The van der Waals surface area contributed by atoms with Crippen molar-refractivity contribution < 1.29 is 22.7 Å². The average molecular weight is 523 g/mol. The molecule has 4 rings (SSSR count). The largest absolute Gasteiger partial charge is 0.497 e. The lowest BCUT2D eigenvalue weighted by Crippen LogP contribution is -2.50. The zero-order chi connectivity index (χ0) is 26.3. The molecule has 0 aromatic heterocycles. The first-order chi connectivity index (χ1) is 17.8. The molecule has 1 amide bonds. The zero-order valence-electron chi connectivity index (χ0n) is 21.4. The van der Waals surface area contributed by atoms with E-state index in [1.807, 2.05) is 60.7 Å². The van der Waals surface area contributed by atoms with Crippen molar-refractivity contribution in [3.8, 4) is 11.5 Å². The predicted molar refractivity (Wildman–Crippen MR) is 143 cm³/mol. The number of carbonyl (C=O) groups excluding carboxylic acids is 1. The molecule has 1 saturated heterocycles. The van der Waals surface area contributed by atoms with Crippen LogP contribution in [0, 0.1) is 5.41 Å².